The van der Waals surface area contributed by atoms with E-state index in [1.807, 2.05) is 13.8 Å². The standard InChI is InChI=1S/C12H20O4S/c1-3-4-10-6-9-5-8(2)11(13)7-12(9)17(14,15)16-10/h8,10-11,13H,3-7H2,1-2H3/t8-,10+,11-/m1/s1. The molecule has 0 amide bonds. The first-order valence-electron chi connectivity index (χ1n) is 6.26. The highest BCUT2D eigenvalue weighted by Gasteiger charge is 2.38. The summed E-state index contributed by atoms with van der Waals surface area (Å²) in [7, 11) is -3.59. The molecule has 4 nitrogen and oxygen atoms in total. The minimum absolute atomic E-state index is 0.143. The summed E-state index contributed by atoms with van der Waals surface area (Å²) in [6.07, 6.45) is 2.53. The molecule has 3 atom stereocenters. The van der Waals surface area contributed by atoms with Gasteiger partial charge in [-0.15, -0.1) is 0 Å². The minimum atomic E-state index is -3.59. The molecule has 2 rings (SSSR count). The van der Waals surface area contributed by atoms with Gasteiger partial charge in [0.15, 0.2) is 0 Å². The molecule has 0 saturated carbocycles. The summed E-state index contributed by atoms with van der Waals surface area (Å²) < 4.78 is 29.1. The van der Waals surface area contributed by atoms with Crippen LogP contribution in [0.5, 0.6) is 0 Å². The molecule has 1 N–H and O–H groups in total. The van der Waals surface area contributed by atoms with E-state index in [2.05, 4.69) is 0 Å². The first-order chi connectivity index (χ1) is 7.94. The van der Waals surface area contributed by atoms with Crippen molar-refractivity contribution in [1.29, 1.82) is 0 Å². The highest BCUT2D eigenvalue weighted by molar-refractivity contribution is 7.90. The fourth-order valence-corrected chi connectivity index (χ4v) is 4.20. The molecule has 0 saturated heterocycles. The first kappa shape index (κ1) is 13.1. The molecule has 98 valence electrons. The zero-order valence-corrected chi connectivity index (χ0v) is 11.2. The van der Waals surface area contributed by atoms with Gasteiger partial charge in [-0.05, 0) is 25.2 Å². The lowest BCUT2D eigenvalue weighted by molar-refractivity contribution is 0.102. The van der Waals surface area contributed by atoms with Crippen molar-refractivity contribution in [2.45, 2.75) is 58.2 Å². The lowest BCUT2D eigenvalue weighted by Crippen LogP contribution is -2.34. The monoisotopic (exact) mass is 260 g/mol. The zero-order valence-electron chi connectivity index (χ0n) is 10.3. The van der Waals surface area contributed by atoms with Crippen LogP contribution in [0.3, 0.4) is 0 Å². The smallest absolute Gasteiger partial charge is 0.293 e. The van der Waals surface area contributed by atoms with Gasteiger partial charge in [-0.3, -0.25) is 4.18 Å². The molecule has 0 aromatic rings. The molecule has 0 bridgehead atoms. The summed E-state index contributed by atoms with van der Waals surface area (Å²) in [4.78, 5) is 0.343. The maximum Gasteiger partial charge on any atom is 0.293 e. The molecule has 0 radical (unpaired) electrons. The molecule has 17 heavy (non-hydrogen) atoms. The Bertz CT molecular complexity index is 424. The van der Waals surface area contributed by atoms with Crippen molar-refractivity contribution in [2.24, 2.45) is 5.92 Å². The van der Waals surface area contributed by atoms with Gasteiger partial charge < -0.3 is 5.11 Å². The van der Waals surface area contributed by atoms with E-state index < -0.39 is 16.2 Å². The molecular weight excluding hydrogens is 240 g/mol. The second-order valence-corrected chi connectivity index (χ2v) is 6.74. The van der Waals surface area contributed by atoms with E-state index in [1.54, 1.807) is 0 Å². The van der Waals surface area contributed by atoms with Crippen molar-refractivity contribution in [3.63, 3.8) is 0 Å². The van der Waals surface area contributed by atoms with Gasteiger partial charge in [0.1, 0.15) is 0 Å². The molecule has 0 fully saturated rings. The largest absolute Gasteiger partial charge is 0.392 e. The second-order valence-electron chi connectivity index (χ2n) is 5.14. The third kappa shape index (κ3) is 2.56. The van der Waals surface area contributed by atoms with Gasteiger partial charge >= 0.3 is 0 Å². The van der Waals surface area contributed by atoms with E-state index in [-0.39, 0.29) is 18.4 Å². The van der Waals surface area contributed by atoms with E-state index in [1.165, 1.54) is 0 Å². The summed E-state index contributed by atoms with van der Waals surface area (Å²) in [5.41, 5.74) is 0.979. The first-order valence-corrected chi connectivity index (χ1v) is 7.67. The van der Waals surface area contributed by atoms with Gasteiger partial charge in [0, 0.05) is 6.42 Å². The molecule has 0 unspecified atom stereocenters. The van der Waals surface area contributed by atoms with Crippen molar-refractivity contribution in [1.82, 2.24) is 0 Å². The summed E-state index contributed by atoms with van der Waals surface area (Å²) >= 11 is 0. The third-order valence-corrected chi connectivity index (χ3v) is 5.25. The van der Waals surface area contributed by atoms with Gasteiger partial charge in [0.2, 0.25) is 0 Å². The number of hydrogen-bond acceptors (Lipinski definition) is 4. The lowest BCUT2D eigenvalue weighted by Gasteiger charge is -2.34. The average Bonchev–Trinajstić information content (AvgIpc) is 2.21. The molecule has 1 aliphatic carbocycles. The Labute approximate surface area is 103 Å². The van der Waals surface area contributed by atoms with E-state index in [9.17, 15) is 13.5 Å². The van der Waals surface area contributed by atoms with Gasteiger partial charge in [0.25, 0.3) is 10.1 Å². The van der Waals surface area contributed by atoms with Crippen LogP contribution >= 0.6 is 0 Å². The Morgan fingerprint density at radius 3 is 2.71 bits per heavy atom. The van der Waals surface area contributed by atoms with Crippen LogP contribution in [-0.4, -0.2) is 25.7 Å². The average molecular weight is 260 g/mol. The number of rotatable bonds is 2. The third-order valence-electron chi connectivity index (χ3n) is 3.66. The summed E-state index contributed by atoms with van der Waals surface area (Å²) in [5, 5.41) is 9.76. The highest BCUT2D eigenvalue weighted by atomic mass is 32.2. The Kier molecular flexibility index (Phi) is 3.61. The summed E-state index contributed by atoms with van der Waals surface area (Å²) in [5.74, 6) is 0.143. The van der Waals surface area contributed by atoms with Crippen molar-refractivity contribution >= 4 is 10.1 Å². The molecule has 0 aromatic heterocycles. The van der Waals surface area contributed by atoms with Gasteiger partial charge in [-0.25, -0.2) is 0 Å². The molecule has 1 heterocycles. The molecule has 2 aliphatic rings. The van der Waals surface area contributed by atoms with E-state index in [0.717, 1.165) is 18.4 Å². The van der Waals surface area contributed by atoms with Crippen LogP contribution in [0.4, 0.5) is 0 Å². The number of aliphatic hydroxyl groups excluding tert-OH is 1. The molecule has 1 aliphatic heterocycles. The quantitative estimate of drug-likeness (QED) is 0.771. The fraction of sp³-hybridized carbons (Fsp3) is 0.833. The maximum atomic E-state index is 12.0. The normalized spacial score (nSPS) is 36.8. The highest BCUT2D eigenvalue weighted by Crippen LogP contribution is 2.40. The molecule has 5 heteroatoms. The van der Waals surface area contributed by atoms with Crippen molar-refractivity contribution < 1.29 is 17.7 Å². The maximum absolute atomic E-state index is 12.0. The van der Waals surface area contributed by atoms with E-state index in [0.29, 0.717) is 17.7 Å². The van der Waals surface area contributed by atoms with E-state index >= 15 is 0 Å². The van der Waals surface area contributed by atoms with Crippen LogP contribution < -0.4 is 0 Å². The Balaban J connectivity index is 2.29. The van der Waals surface area contributed by atoms with Crippen LogP contribution in [0.2, 0.25) is 0 Å². The predicted octanol–water partition coefficient (Wildman–Crippen LogP) is 1.95. The zero-order chi connectivity index (χ0) is 12.6. The molecule has 0 aromatic carbocycles. The molecular formula is C12H20O4S. The Morgan fingerprint density at radius 2 is 2.06 bits per heavy atom. The van der Waals surface area contributed by atoms with Crippen molar-refractivity contribution in [3.8, 4) is 0 Å². The predicted molar refractivity (Wildman–Crippen MR) is 64.7 cm³/mol. The second kappa shape index (κ2) is 4.71. The van der Waals surface area contributed by atoms with Crippen LogP contribution in [0, 0.1) is 5.92 Å². The summed E-state index contributed by atoms with van der Waals surface area (Å²) in [6.45, 7) is 3.98. The van der Waals surface area contributed by atoms with Crippen LogP contribution in [0.25, 0.3) is 0 Å². The van der Waals surface area contributed by atoms with Crippen molar-refractivity contribution in [2.75, 3.05) is 0 Å². The van der Waals surface area contributed by atoms with Crippen LogP contribution in [0.1, 0.15) is 46.0 Å². The van der Waals surface area contributed by atoms with Crippen molar-refractivity contribution in [3.05, 3.63) is 10.5 Å². The number of hydrogen-bond donors (Lipinski definition) is 1. The number of aliphatic hydroxyl groups is 1. The van der Waals surface area contributed by atoms with Gasteiger partial charge in [0.05, 0.1) is 17.1 Å². The van der Waals surface area contributed by atoms with Gasteiger partial charge in [-0.1, -0.05) is 25.8 Å². The Hall–Kier alpha value is -0.390. The topological polar surface area (TPSA) is 63.6 Å². The van der Waals surface area contributed by atoms with Gasteiger partial charge in [-0.2, -0.15) is 8.42 Å². The SMILES string of the molecule is CCC[C@H]1CC2=C(C[C@@H](O)[C@H](C)C2)S(=O)(=O)O1. The summed E-state index contributed by atoms with van der Waals surface area (Å²) in [6, 6.07) is 0. The van der Waals surface area contributed by atoms with Crippen LogP contribution in [-0.2, 0) is 14.3 Å². The minimum Gasteiger partial charge on any atom is -0.392 e. The van der Waals surface area contributed by atoms with E-state index in [4.69, 9.17) is 4.18 Å². The lowest BCUT2D eigenvalue weighted by atomic mass is 9.85. The Morgan fingerprint density at radius 1 is 1.35 bits per heavy atom. The fourth-order valence-electron chi connectivity index (χ4n) is 2.67. The molecule has 0 spiro atoms. The van der Waals surface area contributed by atoms with Crippen LogP contribution in [0.15, 0.2) is 10.5 Å².